The molecule has 4 heterocycles. The van der Waals surface area contributed by atoms with Crippen molar-refractivity contribution >= 4 is 17.8 Å². The van der Waals surface area contributed by atoms with Crippen molar-refractivity contribution in [1.29, 1.82) is 0 Å². The van der Waals surface area contributed by atoms with Gasteiger partial charge in [-0.25, -0.2) is 9.18 Å². The summed E-state index contributed by atoms with van der Waals surface area (Å²) in [4.78, 5) is 47.2. The third-order valence-corrected chi connectivity index (χ3v) is 7.37. The molecule has 2 atom stereocenters. The van der Waals surface area contributed by atoms with E-state index in [9.17, 15) is 18.8 Å². The van der Waals surface area contributed by atoms with Crippen LogP contribution < -0.4 is 5.32 Å². The molecule has 35 heavy (non-hydrogen) atoms. The molecule has 5 rings (SSSR count). The smallest absolute Gasteiger partial charge is 0.325 e. The normalized spacial score (nSPS) is 25.2. The van der Waals surface area contributed by atoms with Gasteiger partial charge in [-0.1, -0.05) is 24.3 Å². The maximum atomic E-state index is 14.0. The van der Waals surface area contributed by atoms with Gasteiger partial charge in [0.25, 0.3) is 5.91 Å². The van der Waals surface area contributed by atoms with Crippen molar-refractivity contribution in [2.24, 2.45) is 5.92 Å². The van der Waals surface area contributed by atoms with Gasteiger partial charge in [0.2, 0.25) is 5.91 Å². The Bertz CT molecular complexity index is 1100. The Morgan fingerprint density at radius 3 is 2.57 bits per heavy atom. The van der Waals surface area contributed by atoms with Crippen LogP contribution in [0.25, 0.3) is 0 Å². The lowest BCUT2D eigenvalue weighted by molar-refractivity contribution is -0.137. The highest BCUT2D eigenvalue weighted by Gasteiger charge is 2.58. The summed E-state index contributed by atoms with van der Waals surface area (Å²) in [7, 11) is 0. The lowest BCUT2D eigenvalue weighted by Crippen LogP contribution is -2.55. The molecule has 1 aromatic heterocycles. The minimum atomic E-state index is -1.28. The molecule has 9 heteroatoms. The zero-order valence-corrected chi connectivity index (χ0v) is 19.5. The number of halogens is 1. The molecule has 0 bridgehead atoms. The molecule has 0 unspecified atom stereocenters. The van der Waals surface area contributed by atoms with Crippen LogP contribution in [0.2, 0.25) is 0 Å². The number of pyridine rings is 1. The molecule has 0 aliphatic carbocycles. The highest BCUT2D eigenvalue weighted by atomic mass is 19.1. The number of likely N-dealkylation sites (tertiary alicyclic amines) is 1. The van der Waals surface area contributed by atoms with Gasteiger partial charge in [0.05, 0.1) is 24.8 Å². The second-order valence-electron chi connectivity index (χ2n) is 9.43. The first-order valence-electron chi connectivity index (χ1n) is 12.2. The van der Waals surface area contributed by atoms with Crippen LogP contribution in [0.15, 0.2) is 48.7 Å². The molecule has 3 saturated heterocycles. The number of benzene rings is 1. The summed E-state index contributed by atoms with van der Waals surface area (Å²) >= 11 is 0. The van der Waals surface area contributed by atoms with Gasteiger partial charge in [-0.15, -0.1) is 0 Å². The predicted molar refractivity (Wildman–Crippen MR) is 125 cm³/mol. The van der Waals surface area contributed by atoms with Crippen molar-refractivity contribution in [3.63, 3.8) is 0 Å². The van der Waals surface area contributed by atoms with Crippen molar-refractivity contribution in [2.75, 3.05) is 26.2 Å². The molecule has 3 aliphatic heterocycles. The Morgan fingerprint density at radius 1 is 1.11 bits per heavy atom. The summed E-state index contributed by atoms with van der Waals surface area (Å²) in [5.74, 6) is -1.09. The number of rotatable bonds is 6. The number of piperidine rings is 1. The van der Waals surface area contributed by atoms with Gasteiger partial charge in [0, 0.05) is 31.8 Å². The standard InChI is InChI=1S/C26H29FN4O4/c27-21-8-2-1-6-18(21)16-23(32)30-13-10-19(11-14-30)26(22-9-3-4-12-28-22)24(33)31(25(34)29-26)17-20-7-5-15-35-20/h1-4,6,8-9,12,19-20H,5,7,10-11,13-17H2,(H,29,34)/t20-,26+/m1/s1. The first-order chi connectivity index (χ1) is 17.0. The van der Waals surface area contributed by atoms with E-state index in [-0.39, 0.29) is 36.8 Å². The van der Waals surface area contributed by atoms with E-state index in [0.29, 0.717) is 43.8 Å². The Hall–Kier alpha value is -3.33. The van der Waals surface area contributed by atoms with E-state index in [2.05, 4.69) is 10.3 Å². The highest BCUT2D eigenvalue weighted by Crippen LogP contribution is 2.41. The third-order valence-electron chi connectivity index (χ3n) is 7.37. The number of carbonyl (C=O) groups is 3. The summed E-state index contributed by atoms with van der Waals surface area (Å²) in [5.41, 5.74) is -0.408. The van der Waals surface area contributed by atoms with Gasteiger partial charge in [-0.05, 0) is 49.4 Å². The van der Waals surface area contributed by atoms with Crippen molar-refractivity contribution < 1.29 is 23.5 Å². The summed E-state index contributed by atoms with van der Waals surface area (Å²) < 4.78 is 19.7. The Labute approximate surface area is 203 Å². The summed E-state index contributed by atoms with van der Waals surface area (Å²) in [6.07, 6.45) is 4.22. The minimum Gasteiger partial charge on any atom is -0.376 e. The topological polar surface area (TPSA) is 91.8 Å². The first kappa shape index (κ1) is 23.4. The first-order valence-corrected chi connectivity index (χ1v) is 12.2. The molecule has 8 nitrogen and oxygen atoms in total. The van der Waals surface area contributed by atoms with Crippen molar-refractivity contribution in [3.8, 4) is 0 Å². The largest absolute Gasteiger partial charge is 0.376 e. The van der Waals surface area contributed by atoms with Gasteiger partial charge < -0.3 is 15.0 Å². The Kier molecular flexibility index (Phi) is 6.51. The molecular weight excluding hydrogens is 451 g/mol. The molecule has 184 valence electrons. The number of urea groups is 1. The van der Waals surface area contributed by atoms with Crippen molar-refractivity contribution in [1.82, 2.24) is 20.1 Å². The van der Waals surface area contributed by atoms with Gasteiger partial charge in [-0.3, -0.25) is 19.5 Å². The van der Waals surface area contributed by atoms with E-state index in [4.69, 9.17) is 4.74 Å². The summed E-state index contributed by atoms with van der Waals surface area (Å²) in [6, 6.07) is 11.2. The average Bonchev–Trinajstić information content (AvgIpc) is 3.49. The van der Waals surface area contributed by atoms with E-state index < -0.39 is 17.4 Å². The monoisotopic (exact) mass is 480 g/mol. The van der Waals surface area contributed by atoms with Gasteiger partial charge in [0.15, 0.2) is 5.54 Å². The number of carbonyl (C=O) groups excluding carboxylic acids is 3. The van der Waals surface area contributed by atoms with Crippen LogP contribution in [0.3, 0.4) is 0 Å². The average molecular weight is 481 g/mol. The minimum absolute atomic E-state index is 0.00639. The van der Waals surface area contributed by atoms with Gasteiger partial charge in [-0.2, -0.15) is 0 Å². The van der Waals surface area contributed by atoms with E-state index in [1.165, 1.54) is 11.0 Å². The zero-order valence-electron chi connectivity index (χ0n) is 19.5. The maximum absolute atomic E-state index is 14.0. The molecule has 0 saturated carbocycles. The number of nitrogens with one attached hydrogen (secondary N) is 1. The quantitative estimate of drug-likeness (QED) is 0.642. The van der Waals surface area contributed by atoms with E-state index >= 15 is 0 Å². The fourth-order valence-corrected chi connectivity index (χ4v) is 5.49. The summed E-state index contributed by atoms with van der Waals surface area (Å²) in [6.45, 7) is 1.70. The summed E-state index contributed by atoms with van der Waals surface area (Å²) in [5, 5.41) is 2.98. The van der Waals surface area contributed by atoms with Gasteiger partial charge in [0.1, 0.15) is 5.82 Å². The van der Waals surface area contributed by atoms with Crippen LogP contribution in [0.5, 0.6) is 0 Å². The van der Waals surface area contributed by atoms with Crippen LogP contribution in [-0.4, -0.2) is 65.0 Å². The van der Waals surface area contributed by atoms with E-state index in [1.807, 2.05) is 0 Å². The van der Waals surface area contributed by atoms with Crippen LogP contribution in [0.1, 0.15) is 36.9 Å². The van der Waals surface area contributed by atoms with Crippen LogP contribution in [-0.2, 0) is 26.3 Å². The van der Waals surface area contributed by atoms with Crippen molar-refractivity contribution in [2.45, 2.75) is 43.7 Å². The third kappa shape index (κ3) is 4.40. The second-order valence-corrected chi connectivity index (χ2v) is 9.43. The molecule has 3 aliphatic rings. The van der Waals surface area contributed by atoms with Crippen LogP contribution in [0, 0.1) is 11.7 Å². The molecule has 0 spiro atoms. The number of hydrogen-bond acceptors (Lipinski definition) is 5. The van der Waals surface area contributed by atoms with Gasteiger partial charge >= 0.3 is 6.03 Å². The lowest BCUT2D eigenvalue weighted by atomic mass is 9.75. The van der Waals surface area contributed by atoms with E-state index in [0.717, 1.165) is 12.8 Å². The second kappa shape index (κ2) is 9.73. The molecule has 3 fully saturated rings. The number of amides is 4. The molecule has 4 amide bonds. The maximum Gasteiger partial charge on any atom is 0.325 e. The zero-order chi connectivity index (χ0) is 24.4. The Morgan fingerprint density at radius 2 is 1.89 bits per heavy atom. The lowest BCUT2D eigenvalue weighted by Gasteiger charge is -2.40. The fraction of sp³-hybridized carbons (Fsp3) is 0.462. The van der Waals surface area contributed by atoms with Crippen molar-refractivity contribution in [3.05, 3.63) is 65.7 Å². The SMILES string of the molecule is O=C(Cc1ccccc1F)N1CCC([C@@]2(c3ccccn3)NC(=O)N(C[C@H]3CCCO3)C2=O)CC1. The molecule has 2 aromatic rings. The number of ether oxygens (including phenoxy) is 1. The number of hydrogen-bond donors (Lipinski definition) is 1. The Balaban J connectivity index is 1.34. The van der Waals surface area contributed by atoms with Crippen LogP contribution >= 0.6 is 0 Å². The molecule has 1 N–H and O–H groups in total. The molecule has 0 radical (unpaired) electrons. The predicted octanol–water partition coefficient (Wildman–Crippen LogP) is 2.63. The highest BCUT2D eigenvalue weighted by molar-refractivity contribution is 6.07. The van der Waals surface area contributed by atoms with E-state index in [1.54, 1.807) is 47.5 Å². The number of nitrogens with zero attached hydrogens (tertiary/aromatic N) is 3. The van der Waals surface area contributed by atoms with Crippen LogP contribution in [0.4, 0.5) is 9.18 Å². The number of aromatic nitrogens is 1. The number of imide groups is 1. The molecular formula is C26H29FN4O4. The fourth-order valence-electron chi connectivity index (χ4n) is 5.49. The molecule has 1 aromatic carbocycles.